The van der Waals surface area contributed by atoms with E-state index in [0.29, 0.717) is 11.1 Å². The zero-order chi connectivity index (χ0) is 12.5. The molecule has 88 valence electrons. The van der Waals surface area contributed by atoms with Crippen LogP contribution in [0.25, 0.3) is 0 Å². The maximum Gasteiger partial charge on any atom is 0.416 e. The van der Waals surface area contributed by atoms with Crippen molar-refractivity contribution in [2.24, 2.45) is 0 Å². The molecule has 1 atom stereocenters. The first kappa shape index (κ1) is 12.5. The van der Waals surface area contributed by atoms with Crippen LogP contribution in [-0.2, 0) is 11.0 Å². The van der Waals surface area contributed by atoms with Gasteiger partial charge in [-0.25, -0.2) is 0 Å². The third-order valence-corrected chi connectivity index (χ3v) is 2.43. The summed E-state index contributed by atoms with van der Waals surface area (Å²) in [6.07, 6.45) is -4.39. The Morgan fingerprint density at radius 2 is 1.94 bits per heavy atom. The Morgan fingerprint density at radius 1 is 1.38 bits per heavy atom. The third kappa shape index (κ3) is 2.53. The van der Waals surface area contributed by atoms with Gasteiger partial charge in [0, 0.05) is 0 Å². The summed E-state index contributed by atoms with van der Waals surface area (Å²) in [7, 11) is 0. The van der Waals surface area contributed by atoms with E-state index in [2.05, 4.69) is 0 Å². The lowest BCUT2D eigenvalue weighted by atomic mass is 9.95. The Bertz CT molecular complexity index is 410. The van der Waals surface area contributed by atoms with Gasteiger partial charge in [0.15, 0.2) is 0 Å². The molecule has 0 aromatic heterocycles. The van der Waals surface area contributed by atoms with E-state index in [-0.39, 0.29) is 0 Å². The number of alkyl halides is 3. The van der Waals surface area contributed by atoms with Crippen LogP contribution < -0.4 is 0 Å². The predicted molar refractivity (Wildman–Crippen MR) is 52.2 cm³/mol. The molecule has 0 spiro atoms. The summed E-state index contributed by atoms with van der Waals surface area (Å²) >= 11 is 0. The molecule has 1 aromatic rings. The third-order valence-electron chi connectivity index (χ3n) is 2.43. The Kier molecular flexibility index (Phi) is 3.26. The lowest BCUT2D eigenvalue weighted by Crippen LogP contribution is -2.11. The van der Waals surface area contributed by atoms with E-state index in [1.165, 1.54) is 19.9 Å². The number of hydrogen-bond donors (Lipinski definition) is 1. The molecule has 0 fully saturated rings. The standard InChI is InChI=1S/C11H11F3O2/c1-6-5-8(11(12,13)14)3-4-9(6)7(2)10(15)16/h3-5,7H,1-2H3,(H,15,16). The van der Waals surface area contributed by atoms with Crippen molar-refractivity contribution in [3.05, 3.63) is 34.9 Å². The maximum atomic E-state index is 12.3. The summed E-state index contributed by atoms with van der Waals surface area (Å²) in [5.74, 6) is -1.86. The first-order valence-electron chi connectivity index (χ1n) is 4.64. The Hall–Kier alpha value is -1.52. The van der Waals surface area contributed by atoms with E-state index in [1.807, 2.05) is 0 Å². The summed E-state index contributed by atoms with van der Waals surface area (Å²) in [5.41, 5.74) is -0.0171. The predicted octanol–water partition coefficient (Wildman–Crippen LogP) is 3.20. The quantitative estimate of drug-likeness (QED) is 0.850. The highest BCUT2D eigenvalue weighted by atomic mass is 19.4. The van der Waals surface area contributed by atoms with Crippen LogP contribution in [0.3, 0.4) is 0 Å². The molecule has 5 heteroatoms. The van der Waals surface area contributed by atoms with Crippen LogP contribution in [0.15, 0.2) is 18.2 Å². The van der Waals surface area contributed by atoms with Gasteiger partial charge >= 0.3 is 12.1 Å². The van der Waals surface area contributed by atoms with E-state index in [1.54, 1.807) is 0 Å². The number of aliphatic carboxylic acids is 1. The highest BCUT2D eigenvalue weighted by molar-refractivity contribution is 5.76. The van der Waals surface area contributed by atoms with E-state index < -0.39 is 23.6 Å². The first-order chi connectivity index (χ1) is 7.23. The smallest absolute Gasteiger partial charge is 0.416 e. The molecule has 0 amide bonds. The lowest BCUT2D eigenvalue weighted by molar-refractivity contribution is -0.138. The number of halogens is 3. The molecule has 0 radical (unpaired) electrons. The summed E-state index contributed by atoms with van der Waals surface area (Å²) in [6, 6.07) is 3.09. The molecule has 0 saturated carbocycles. The molecule has 0 saturated heterocycles. The molecular weight excluding hydrogens is 221 g/mol. The number of rotatable bonds is 2. The van der Waals surface area contributed by atoms with Crippen molar-refractivity contribution in [2.75, 3.05) is 0 Å². The highest BCUT2D eigenvalue weighted by Gasteiger charge is 2.31. The van der Waals surface area contributed by atoms with E-state index >= 15 is 0 Å². The van der Waals surface area contributed by atoms with Gasteiger partial charge in [-0.3, -0.25) is 4.79 Å². The number of hydrogen-bond acceptors (Lipinski definition) is 1. The maximum absolute atomic E-state index is 12.3. The molecular formula is C11H11F3O2. The van der Waals surface area contributed by atoms with Crippen molar-refractivity contribution < 1.29 is 23.1 Å². The Labute approximate surface area is 90.7 Å². The molecule has 0 aliphatic carbocycles. The van der Waals surface area contributed by atoms with Crippen LogP contribution in [-0.4, -0.2) is 11.1 Å². The summed E-state index contributed by atoms with van der Waals surface area (Å²) in [6.45, 7) is 2.92. The molecule has 0 bridgehead atoms. The van der Waals surface area contributed by atoms with E-state index in [4.69, 9.17) is 5.11 Å². The molecule has 2 nitrogen and oxygen atoms in total. The summed E-state index contributed by atoms with van der Waals surface area (Å²) in [5, 5.41) is 8.77. The Balaban J connectivity index is 3.15. The fourth-order valence-corrected chi connectivity index (χ4v) is 1.47. The van der Waals surface area contributed by atoms with Gasteiger partial charge in [0.2, 0.25) is 0 Å². The number of aryl methyl sites for hydroxylation is 1. The molecule has 1 unspecified atom stereocenters. The van der Waals surface area contributed by atoms with Crippen molar-refractivity contribution in [3.63, 3.8) is 0 Å². The van der Waals surface area contributed by atoms with Gasteiger partial charge in [-0.2, -0.15) is 13.2 Å². The molecule has 1 N–H and O–H groups in total. The second-order valence-corrected chi connectivity index (χ2v) is 3.63. The van der Waals surface area contributed by atoms with Gasteiger partial charge < -0.3 is 5.11 Å². The Morgan fingerprint density at radius 3 is 2.31 bits per heavy atom. The van der Waals surface area contributed by atoms with Gasteiger partial charge in [0.05, 0.1) is 11.5 Å². The summed E-state index contributed by atoms with van der Waals surface area (Å²) < 4.78 is 37.0. The number of carbonyl (C=O) groups is 1. The van der Waals surface area contributed by atoms with E-state index in [0.717, 1.165) is 12.1 Å². The SMILES string of the molecule is Cc1cc(C(F)(F)F)ccc1C(C)C(=O)O. The normalized spacial score (nSPS) is 13.6. The van der Waals surface area contributed by atoms with Crippen molar-refractivity contribution in [1.82, 2.24) is 0 Å². The van der Waals surface area contributed by atoms with Crippen LogP contribution in [0.2, 0.25) is 0 Å². The highest BCUT2D eigenvalue weighted by Crippen LogP contribution is 2.31. The van der Waals surface area contributed by atoms with Crippen LogP contribution >= 0.6 is 0 Å². The average Bonchev–Trinajstić information content (AvgIpc) is 2.15. The second kappa shape index (κ2) is 4.15. The number of carboxylic acid groups (broad SMARTS) is 1. The lowest BCUT2D eigenvalue weighted by Gasteiger charge is -2.13. The van der Waals surface area contributed by atoms with Gasteiger partial charge in [-0.05, 0) is 37.1 Å². The van der Waals surface area contributed by atoms with Crippen molar-refractivity contribution in [1.29, 1.82) is 0 Å². The molecule has 0 aliphatic heterocycles. The minimum Gasteiger partial charge on any atom is -0.481 e. The van der Waals surface area contributed by atoms with Gasteiger partial charge in [0.25, 0.3) is 0 Å². The fourth-order valence-electron chi connectivity index (χ4n) is 1.47. The van der Waals surface area contributed by atoms with E-state index in [9.17, 15) is 18.0 Å². The molecule has 0 heterocycles. The zero-order valence-corrected chi connectivity index (χ0v) is 8.80. The molecule has 16 heavy (non-hydrogen) atoms. The number of carboxylic acids is 1. The minimum atomic E-state index is -4.39. The van der Waals surface area contributed by atoms with Crippen molar-refractivity contribution in [2.45, 2.75) is 25.9 Å². The van der Waals surface area contributed by atoms with Gasteiger partial charge in [-0.1, -0.05) is 6.07 Å². The van der Waals surface area contributed by atoms with Crippen molar-refractivity contribution >= 4 is 5.97 Å². The first-order valence-corrected chi connectivity index (χ1v) is 4.64. The summed E-state index contributed by atoms with van der Waals surface area (Å²) in [4.78, 5) is 10.7. The topological polar surface area (TPSA) is 37.3 Å². The zero-order valence-electron chi connectivity index (χ0n) is 8.80. The van der Waals surface area contributed by atoms with Crippen LogP contribution in [0, 0.1) is 6.92 Å². The van der Waals surface area contributed by atoms with Crippen molar-refractivity contribution in [3.8, 4) is 0 Å². The monoisotopic (exact) mass is 232 g/mol. The molecule has 1 aromatic carbocycles. The largest absolute Gasteiger partial charge is 0.481 e. The van der Waals surface area contributed by atoms with Crippen LogP contribution in [0.4, 0.5) is 13.2 Å². The van der Waals surface area contributed by atoms with Crippen LogP contribution in [0.5, 0.6) is 0 Å². The minimum absolute atomic E-state index is 0.338. The average molecular weight is 232 g/mol. The number of benzene rings is 1. The van der Waals surface area contributed by atoms with Gasteiger partial charge in [-0.15, -0.1) is 0 Å². The second-order valence-electron chi connectivity index (χ2n) is 3.63. The van der Waals surface area contributed by atoms with Gasteiger partial charge in [0.1, 0.15) is 0 Å². The molecule has 1 rings (SSSR count). The van der Waals surface area contributed by atoms with Crippen LogP contribution in [0.1, 0.15) is 29.5 Å². The molecule has 0 aliphatic rings. The fraction of sp³-hybridized carbons (Fsp3) is 0.364.